The molecule has 4 aromatic rings. The van der Waals surface area contributed by atoms with Crippen LogP contribution >= 0.6 is 0 Å². The van der Waals surface area contributed by atoms with Gasteiger partial charge in [0.2, 0.25) is 0 Å². The highest BCUT2D eigenvalue weighted by Crippen LogP contribution is 2.36. The Labute approximate surface area is 174 Å². The van der Waals surface area contributed by atoms with Crippen LogP contribution in [0.4, 0.5) is 5.69 Å². The van der Waals surface area contributed by atoms with E-state index in [-0.39, 0.29) is 5.63 Å². The number of fused-ring (bicyclic) bond motifs is 5. The number of hydrogen-bond donors (Lipinski definition) is 0. The predicted molar refractivity (Wildman–Crippen MR) is 119 cm³/mol. The quantitative estimate of drug-likeness (QED) is 0.252. The van der Waals surface area contributed by atoms with Gasteiger partial charge in [0.05, 0.1) is 24.1 Å². The molecule has 0 amide bonds. The van der Waals surface area contributed by atoms with Crippen LogP contribution in [0, 0.1) is 0 Å². The van der Waals surface area contributed by atoms with Gasteiger partial charge in [-0.1, -0.05) is 37.6 Å². The third-order valence-corrected chi connectivity index (χ3v) is 5.52. The summed E-state index contributed by atoms with van der Waals surface area (Å²) in [6.45, 7) is 3.87. The fraction of sp³-hybridized carbons (Fsp3) is 0.240. The molecule has 5 nitrogen and oxygen atoms in total. The Bertz CT molecular complexity index is 1280. The molecule has 5 rings (SSSR count). The van der Waals surface area contributed by atoms with Gasteiger partial charge in [0, 0.05) is 17.1 Å². The van der Waals surface area contributed by atoms with Crippen molar-refractivity contribution in [1.29, 1.82) is 0 Å². The molecule has 5 heteroatoms. The molecular weight excluding hydrogens is 378 g/mol. The summed E-state index contributed by atoms with van der Waals surface area (Å²) in [5.74, 6) is 1.61. The lowest BCUT2D eigenvalue weighted by Gasteiger charge is -2.31. The third kappa shape index (κ3) is 3.26. The molecule has 3 aromatic carbocycles. The van der Waals surface area contributed by atoms with Crippen LogP contribution in [0.25, 0.3) is 21.7 Å². The lowest BCUT2D eigenvalue weighted by atomic mass is 10.0. The van der Waals surface area contributed by atoms with E-state index in [0.29, 0.717) is 30.9 Å². The largest absolute Gasteiger partial charge is 0.494 e. The molecular formula is C25H23NO4. The molecule has 1 aliphatic heterocycles. The molecule has 0 bridgehead atoms. The van der Waals surface area contributed by atoms with E-state index in [2.05, 4.69) is 11.8 Å². The normalized spacial score (nSPS) is 13.3. The third-order valence-electron chi connectivity index (χ3n) is 5.52. The topological polar surface area (TPSA) is 51.9 Å². The van der Waals surface area contributed by atoms with Crippen molar-refractivity contribution in [3.8, 4) is 11.5 Å². The predicted octanol–water partition coefficient (Wildman–Crippen LogP) is 5.48. The number of rotatable bonds is 5. The molecule has 0 aliphatic carbocycles. The van der Waals surface area contributed by atoms with Gasteiger partial charge < -0.3 is 18.8 Å². The van der Waals surface area contributed by atoms with Crippen LogP contribution in [0.2, 0.25) is 0 Å². The monoisotopic (exact) mass is 401 g/mol. The molecule has 0 atom stereocenters. The van der Waals surface area contributed by atoms with Gasteiger partial charge in [0.15, 0.2) is 6.73 Å². The van der Waals surface area contributed by atoms with Crippen LogP contribution in [0.1, 0.15) is 25.3 Å². The summed E-state index contributed by atoms with van der Waals surface area (Å²) in [5.41, 5.74) is 2.17. The zero-order valence-electron chi connectivity index (χ0n) is 16.9. The van der Waals surface area contributed by atoms with Gasteiger partial charge in [-0.15, -0.1) is 0 Å². The van der Waals surface area contributed by atoms with Crippen molar-refractivity contribution < 1.29 is 13.9 Å². The zero-order valence-corrected chi connectivity index (χ0v) is 16.9. The van der Waals surface area contributed by atoms with E-state index < -0.39 is 0 Å². The molecule has 2 heterocycles. The van der Waals surface area contributed by atoms with Crippen molar-refractivity contribution in [2.75, 3.05) is 18.2 Å². The molecule has 0 spiro atoms. The van der Waals surface area contributed by atoms with Crippen molar-refractivity contribution in [3.63, 3.8) is 0 Å². The van der Waals surface area contributed by atoms with Crippen LogP contribution in [-0.2, 0) is 6.54 Å². The number of hydrogen-bond acceptors (Lipinski definition) is 5. The van der Waals surface area contributed by atoms with Crippen molar-refractivity contribution in [3.05, 3.63) is 76.6 Å². The Morgan fingerprint density at radius 2 is 1.87 bits per heavy atom. The fourth-order valence-electron chi connectivity index (χ4n) is 3.92. The van der Waals surface area contributed by atoms with Crippen molar-refractivity contribution >= 4 is 27.4 Å². The summed E-state index contributed by atoms with van der Waals surface area (Å²) in [6.07, 6.45) is 2.13. The molecule has 0 N–H and O–H groups in total. The first-order valence-corrected chi connectivity index (χ1v) is 10.3. The SMILES string of the molecule is CCCCOc1cccc(N2COc3ccc4c(oc(=O)c5ccccc54)c3C2)c1. The average Bonchev–Trinajstić information content (AvgIpc) is 2.79. The molecule has 0 saturated carbocycles. The Morgan fingerprint density at radius 1 is 1.00 bits per heavy atom. The average molecular weight is 401 g/mol. The minimum absolute atomic E-state index is 0.324. The van der Waals surface area contributed by atoms with E-state index in [0.717, 1.165) is 46.4 Å². The van der Waals surface area contributed by atoms with E-state index >= 15 is 0 Å². The van der Waals surface area contributed by atoms with Gasteiger partial charge >= 0.3 is 5.63 Å². The maximum Gasteiger partial charge on any atom is 0.344 e. The highest BCUT2D eigenvalue weighted by Gasteiger charge is 2.23. The summed E-state index contributed by atoms with van der Waals surface area (Å²) in [7, 11) is 0. The van der Waals surface area contributed by atoms with E-state index in [4.69, 9.17) is 13.9 Å². The number of nitrogens with zero attached hydrogens (tertiary/aromatic N) is 1. The van der Waals surface area contributed by atoms with Crippen LogP contribution in [0.5, 0.6) is 11.5 Å². The van der Waals surface area contributed by atoms with Gasteiger partial charge in [0.25, 0.3) is 0 Å². The summed E-state index contributed by atoms with van der Waals surface area (Å²) < 4.78 is 17.6. The van der Waals surface area contributed by atoms with E-state index in [1.54, 1.807) is 6.07 Å². The van der Waals surface area contributed by atoms with Gasteiger partial charge in [-0.05, 0) is 42.1 Å². The summed E-state index contributed by atoms with van der Waals surface area (Å²) in [6, 6.07) is 19.5. The van der Waals surface area contributed by atoms with Gasteiger partial charge in [0.1, 0.15) is 17.1 Å². The number of benzene rings is 3. The second kappa shape index (κ2) is 7.75. The number of unbranched alkanes of at least 4 members (excludes halogenated alkanes) is 1. The van der Waals surface area contributed by atoms with Crippen LogP contribution in [0.15, 0.2) is 69.9 Å². The molecule has 0 unspecified atom stereocenters. The Hall–Kier alpha value is -3.47. The standard InChI is InChI=1S/C25H23NO4/c1-2-3-13-28-18-8-6-7-17(14-18)26-15-22-23(29-16-26)12-11-20-19-9-4-5-10-21(19)25(27)30-24(20)22/h4-12,14H,2-3,13,15-16H2,1H3. The molecule has 30 heavy (non-hydrogen) atoms. The van der Waals surface area contributed by atoms with E-state index in [9.17, 15) is 4.79 Å². The zero-order chi connectivity index (χ0) is 20.5. The lowest BCUT2D eigenvalue weighted by molar-refractivity contribution is 0.288. The first-order valence-electron chi connectivity index (χ1n) is 10.3. The molecule has 1 aromatic heterocycles. The fourth-order valence-corrected chi connectivity index (χ4v) is 3.92. The first-order chi connectivity index (χ1) is 14.7. The smallest absolute Gasteiger partial charge is 0.344 e. The van der Waals surface area contributed by atoms with E-state index in [1.165, 1.54) is 0 Å². The number of anilines is 1. The molecule has 1 aliphatic rings. The maximum absolute atomic E-state index is 12.6. The Morgan fingerprint density at radius 3 is 2.73 bits per heavy atom. The highest BCUT2D eigenvalue weighted by atomic mass is 16.5. The van der Waals surface area contributed by atoms with Crippen molar-refractivity contribution in [2.24, 2.45) is 0 Å². The van der Waals surface area contributed by atoms with Crippen LogP contribution in [-0.4, -0.2) is 13.3 Å². The highest BCUT2D eigenvalue weighted by molar-refractivity contribution is 6.05. The Balaban J connectivity index is 1.53. The number of ether oxygens (including phenoxy) is 2. The Kier molecular flexibility index (Phi) is 4.79. The van der Waals surface area contributed by atoms with Crippen molar-refractivity contribution in [2.45, 2.75) is 26.3 Å². The van der Waals surface area contributed by atoms with Crippen LogP contribution in [0.3, 0.4) is 0 Å². The minimum Gasteiger partial charge on any atom is -0.494 e. The molecule has 0 fully saturated rings. The van der Waals surface area contributed by atoms with Gasteiger partial charge in [-0.3, -0.25) is 0 Å². The second-order valence-electron chi connectivity index (χ2n) is 7.52. The second-order valence-corrected chi connectivity index (χ2v) is 7.52. The summed E-state index contributed by atoms with van der Waals surface area (Å²) in [4.78, 5) is 14.7. The first kappa shape index (κ1) is 18.6. The van der Waals surface area contributed by atoms with Gasteiger partial charge in [-0.25, -0.2) is 4.79 Å². The molecule has 0 radical (unpaired) electrons. The minimum atomic E-state index is -0.324. The van der Waals surface area contributed by atoms with E-state index in [1.807, 2.05) is 54.6 Å². The molecule has 0 saturated heterocycles. The van der Waals surface area contributed by atoms with Crippen molar-refractivity contribution in [1.82, 2.24) is 0 Å². The molecule has 152 valence electrons. The summed E-state index contributed by atoms with van der Waals surface area (Å²) >= 11 is 0. The maximum atomic E-state index is 12.6. The lowest BCUT2D eigenvalue weighted by Crippen LogP contribution is -2.32. The van der Waals surface area contributed by atoms with Crippen LogP contribution < -0.4 is 20.0 Å². The van der Waals surface area contributed by atoms with Gasteiger partial charge in [-0.2, -0.15) is 0 Å². The summed E-state index contributed by atoms with van der Waals surface area (Å²) in [5, 5.41) is 2.41.